The number of nitrogens with one attached hydrogen (secondary N) is 1. The van der Waals surface area contributed by atoms with Crippen LogP contribution in [0.3, 0.4) is 0 Å². The first-order chi connectivity index (χ1) is 6.47. The molecule has 1 unspecified atom stereocenters. The van der Waals surface area contributed by atoms with Gasteiger partial charge < -0.3 is 11.1 Å². The summed E-state index contributed by atoms with van der Waals surface area (Å²) in [6, 6.07) is 0. The van der Waals surface area contributed by atoms with E-state index >= 15 is 0 Å². The van der Waals surface area contributed by atoms with Crippen LogP contribution in [0.25, 0.3) is 0 Å². The summed E-state index contributed by atoms with van der Waals surface area (Å²) in [7, 11) is 0. The molecular formula is C10H19BrN2O. The number of amides is 1. The molecule has 0 aromatic heterocycles. The second kappa shape index (κ2) is 7.01. The first-order valence-corrected chi connectivity index (χ1v) is 5.57. The molecule has 0 aromatic carbocycles. The molecule has 0 bridgehead atoms. The highest BCUT2D eigenvalue weighted by Gasteiger charge is 2.17. The van der Waals surface area contributed by atoms with Crippen molar-refractivity contribution in [1.29, 1.82) is 0 Å². The van der Waals surface area contributed by atoms with Gasteiger partial charge in [0.05, 0.1) is 5.92 Å². The standard InChI is InChI=1S/C10H19BrN2O/c1-7(2)4-9(5-12)10(14)13-6-8(3)11/h7,9H,3-6,12H2,1-2H3,(H,13,14). The van der Waals surface area contributed by atoms with Crippen molar-refractivity contribution in [3.63, 3.8) is 0 Å². The number of carbonyl (C=O) groups is 1. The van der Waals surface area contributed by atoms with Crippen molar-refractivity contribution in [2.75, 3.05) is 13.1 Å². The molecule has 3 nitrogen and oxygen atoms in total. The fourth-order valence-corrected chi connectivity index (χ4v) is 1.35. The Morgan fingerprint density at radius 3 is 2.50 bits per heavy atom. The van der Waals surface area contributed by atoms with Crippen LogP contribution in [0.4, 0.5) is 0 Å². The van der Waals surface area contributed by atoms with Gasteiger partial charge in [-0.15, -0.1) is 0 Å². The summed E-state index contributed by atoms with van der Waals surface area (Å²) in [6.07, 6.45) is 0.830. The summed E-state index contributed by atoms with van der Waals surface area (Å²) in [6.45, 7) is 8.68. The molecule has 82 valence electrons. The van der Waals surface area contributed by atoms with Gasteiger partial charge in [-0.3, -0.25) is 4.79 Å². The third-order valence-electron chi connectivity index (χ3n) is 1.87. The minimum absolute atomic E-state index is 0.0156. The molecule has 1 atom stereocenters. The fraction of sp³-hybridized carbons (Fsp3) is 0.700. The Bertz CT molecular complexity index is 204. The Kier molecular flexibility index (Phi) is 6.83. The van der Waals surface area contributed by atoms with E-state index in [1.165, 1.54) is 0 Å². The van der Waals surface area contributed by atoms with Crippen LogP contribution in [0, 0.1) is 11.8 Å². The minimum Gasteiger partial charge on any atom is -0.351 e. The highest BCUT2D eigenvalue weighted by atomic mass is 79.9. The molecule has 0 radical (unpaired) electrons. The first kappa shape index (κ1) is 13.7. The molecule has 0 saturated carbocycles. The van der Waals surface area contributed by atoms with E-state index in [0.717, 1.165) is 10.9 Å². The monoisotopic (exact) mass is 262 g/mol. The Labute approximate surface area is 94.3 Å². The molecule has 0 rings (SSSR count). The largest absolute Gasteiger partial charge is 0.351 e. The van der Waals surface area contributed by atoms with Crippen LogP contribution >= 0.6 is 15.9 Å². The summed E-state index contributed by atoms with van der Waals surface area (Å²) < 4.78 is 0.770. The number of hydrogen-bond donors (Lipinski definition) is 2. The van der Waals surface area contributed by atoms with Gasteiger partial charge in [-0.1, -0.05) is 36.4 Å². The van der Waals surface area contributed by atoms with Crippen molar-refractivity contribution in [2.45, 2.75) is 20.3 Å². The summed E-state index contributed by atoms with van der Waals surface area (Å²) in [5.41, 5.74) is 5.53. The highest BCUT2D eigenvalue weighted by Crippen LogP contribution is 2.10. The number of hydrogen-bond acceptors (Lipinski definition) is 2. The van der Waals surface area contributed by atoms with E-state index in [1.54, 1.807) is 0 Å². The van der Waals surface area contributed by atoms with Crippen molar-refractivity contribution in [2.24, 2.45) is 17.6 Å². The van der Waals surface area contributed by atoms with Crippen LogP contribution in [-0.4, -0.2) is 19.0 Å². The number of nitrogens with two attached hydrogens (primary N) is 1. The van der Waals surface area contributed by atoms with E-state index in [9.17, 15) is 4.79 Å². The molecule has 0 fully saturated rings. The topological polar surface area (TPSA) is 55.1 Å². The third-order valence-corrected chi connectivity index (χ3v) is 2.15. The first-order valence-electron chi connectivity index (χ1n) is 4.78. The number of carbonyl (C=O) groups excluding carboxylic acids is 1. The Balaban J connectivity index is 3.97. The van der Waals surface area contributed by atoms with E-state index in [1.807, 2.05) is 0 Å². The molecule has 0 heterocycles. The van der Waals surface area contributed by atoms with Gasteiger partial charge in [0.25, 0.3) is 0 Å². The minimum atomic E-state index is -0.0816. The Hall–Kier alpha value is -0.350. The Morgan fingerprint density at radius 2 is 2.14 bits per heavy atom. The van der Waals surface area contributed by atoms with Crippen LogP contribution < -0.4 is 11.1 Å². The molecule has 1 amide bonds. The summed E-state index contributed by atoms with van der Waals surface area (Å²) in [5, 5.41) is 2.77. The van der Waals surface area contributed by atoms with E-state index in [0.29, 0.717) is 19.0 Å². The van der Waals surface area contributed by atoms with Crippen LogP contribution in [0.15, 0.2) is 11.1 Å². The Morgan fingerprint density at radius 1 is 1.57 bits per heavy atom. The smallest absolute Gasteiger partial charge is 0.224 e. The lowest BCUT2D eigenvalue weighted by molar-refractivity contribution is -0.124. The normalized spacial score (nSPS) is 12.6. The van der Waals surface area contributed by atoms with E-state index in [2.05, 4.69) is 41.7 Å². The molecule has 0 aromatic rings. The number of halogens is 1. The van der Waals surface area contributed by atoms with Crippen molar-refractivity contribution in [3.8, 4) is 0 Å². The zero-order valence-electron chi connectivity index (χ0n) is 8.85. The van der Waals surface area contributed by atoms with Crippen LogP contribution in [-0.2, 0) is 4.79 Å². The zero-order valence-corrected chi connectivity index (χ0v) is 10.4. The van der Waals surface area contributed by atoms with Crippen molar-refractivity contribution < 1.29 is 4.79 Å². The van der Waals surface area contributed by atoms with Gasteiger partial charge in [-0.25, -0.2) is 0 Å². The maximum atomic E-state index is 11.6. The predicted octanol–water partition coefficient (Wildman–Crippen LogP) is 1.63. The van der Waals surface area contributed by atoms with Gasteiger partial charge in [-0.05, 0) is 12.3 Å². The lowest BCUT2D eigenvalue weighted by atomic mass is 9.96. The lowest BCUT2D eigenvalue weighted by Gasteiger charge is -2.16. The molecule has 4 heteroatoms. The molecule has 0 aliphatic carbocycles. The average molecular weight is 263 g/mol. The molecule has 3 N–H and O–H groups in total. The van der Waals surface area contributed by atoms with E-state index in [-0.39, 0.29) is 11.8 Å². The van der Waals surface area contributed by atoms with Gasteiger partial charge in [0.1, 0.15) is 0 Å². The highest BCUT2D eigenvalue weighted by molar-refractivity contribution is 9.11. The van der Waals surface area contributed by atoms with Crippen molar-refractivity contribution >= 4 is 21.8 Å². The van der Waals surface area contributed by atoms with Gasteiger partial charge >= 0.3 is 0 Å². The van der Waals surface area contributed by atoms with Crippen molar-refractivity contribution in [1.82, 2.24) is 5.32 Å². The predicted molar refractivity (Wildman–Crippen MR) is 63.1 cm³/mol. The van der Waals surface area contributed by atoms with Gasteiger partial charge in [0, 0.05) is 17.6 Å². The lowest BCUT2D eigenvalue weighted by Crippen LogP contribution is -2.36. The molecule has 14 heavy (non-hydrogen) atoms. The van der Waals surface area contributed by atoms with Crippen LogP contribution in [0.1, 0.15) is 20.3 Å². The maximum absolute atomic E-state index is 11.6. The van der Waals surface area contributed by atoms with E-state index < -0.39 is 0 Å². The summed E-state index contributed by atoms with van der Waals surface area (Å²) >= 11 is 3.18. The summed E-state index contributed by atoms with van der Waals surface area (Å²) in [5.74, 6) is 0.421. The van der Waals surface area contributed by atoms with Gasteiger partial charge in [0.15, 0.2) is 0 Å². The van der Waals surface area contributed by atoms with Crippen LogP contribution in [0.2, 0.25) is 0 Å². The number of rotatable bonds is 6. The fourth-order valence-electron chi connectivity index (χ4n) is 1.21. The van der Waals surface area contributed by atoms with Gasteiger partial charge in [-0.2, -0.15) is 0 Å². The van der Waals surface area contributed by atoms with Crippen molar-refractivity contribution in [3.05, 3.63) is 11.1 Å². The second-order valence-electron chi connectivity index (χ2n) is 3.80. The molecule has 0 aliphatic heterocycles. The summed E-state index contributed by atoms with van der Waals surface area (Å²) in [4.78, 5) is 11.6. The van der Waals surface area contributed by atoms with E-state index in [4.69, 9.17) is 5.73 Å². The maximum Gasteiger partial charge on any atom is 0.224 e. The van der Waals surface area contributed by atoms with Crippen LogP contribution in [0.5, 0.6) is 0 Å². The molecular weight excluding hydrogens is 244 g/mol. The zero-order chi connectivity index (χ0) is 11.1. The molecule has 0 saturated heterocycles. The quantitative estimate of drug-likeness (QED) is 0.765. The van der Waals surface area contributed by atoms with Gasteiger partial charge in [0.2, 0.25) is 5.91 Å². The molecule has 0 spiro atoms. The SMILES string of the molecule is C=C(Br)CNC(=O)C(CN)CC(C)C. The molecule has 0 aliphatic rings. The average Bonchev–Trinajstić information content (AvgIpc) is 2.09. The second-order valence-corrected chi connectivity index (χ2v) is 4.92. The third kappa shape index (κ3) is 6.16.